The van der Waals surface area contributed by atoms with Crippen LogP contribution in [-0.2, 0) is 9.84 Å². The summed E-state index contributed by atoms with van der Waals surface area (Å²) in [5.41, 5.74) is 0.766. The average Bonchev–Trinajstić information content (AvgIpc) is 3.22. The molecule has 6 nitrogen and oxygen atoms in total. The van der Waals surface area contributed by atoms with Crippen molar-refractivity contribution in [2.75, 3.05) is 26.5 Å². The molecule has 2 atom stereocenters. The Morgan fingerprint density at radius 1 is 1.19 bits per heavy atom. The topological polar surface area (TPSA) is 72.9 Å². The van der Waals surface area contributed by atoms with Crippen molar-refractivity contribution in [2.45, 2.75) is 36.4 Å². The molecule has 2 aromatic carbocycles. The second-order valence-corrected chi connectivity index (χ2v) is 9.76. The highest BCUT2D eigenvalue weighted by molar-refractivity contribution is 7.90. The van der Waals surface area contributed by atoms with Crippen LogP contribution >= 0.6 is 0 Å². The number of amides is 1. The summed E-state index contributed by atoms with van der Waals surface area (Å²) < 4.78 is 73.2. The summed E-state index contributed by atoms with van der Waals surface area (Å²) in [5.74, 6) is -0.183. The number of rotatable bonds is 6. The average molecular weight is 471 g/mol. The van der Waals surface area contributed by atoms with Gasteiger partial charge in [0.05, 0.1) is 17.6 Å². The molecule has 1 aliphatic heterocycles. The molecule has 1 heterocycles. The van der Waals surface area contributed by atoms with Gasteiger partial charge in [0, 0.05) is 25.3 Å². The molecule has 0 bridgehead atoms. The van der Waals surface area contributed by atoms with Gasteiger partial charge in [-0.2, -0.15) is 13.2 Å². The van der Waals surface area contributed by atoms with Crippen molar-refractivity contribution in [1.29, 1.82) is 0 Å². The number of halogens is 3. The fourth-order valence-electron chi connectivity index (χ4n) is 3.55. The Hall–Kier alpha value is -2.75. The minimum atomic E-state index is -4.64. The van der Waals surface area contributed by atoms with Crippen LogP contribution in [0, 0.1) is 0 Å². The third-order valence-electron chi connectivity index (χ3n) is 5.41. The number of alkyl halides is 3. The van der Waals surface area contributed by atoms with E-state index in [-0.39, 0.29) is 22.1 Å². The molecule has 3 rings (SSSR count). The van der Waals surface area contributed by atoms with Crippen LogP contribution in [0.5, 0.6) is 11.5 Å². The summed E-state index contributed by atoms with van der Waals surface area (Å²) in [6.07, 6.45) is -5.19. The van der Waals surface area contributed by atoms with Gasteiger partial charge in [-0.25, -0.2) is 8.42 Å². The Balaban J connectivity index is 1.90. The molecule has 174 valence electrons. The molecule has 1 aliphatic rings. The molecular formula is C22H24F3NO5S. The highest BCUT2D eigenvalue weighted by Crippen LogP contribution is 2.33. The number of hydrogen-bond acceptors (Lipinski definition) is 5. The molecule has 0 aliphatic carbocycles. The van der Waals surface area contributed by atoms with Crippen LogP contribution in [0.15, 0.2) is 47.4 Å². The Morgan fingerprint density at radius 3 is 2.53 bits per heavy atom. The normalized spacial score (nSPS) is 17.8. The number of methoxy groups -OCH3 is 1. The maximum Gasteiger partial charge on any atom is 0.425 e. The minimum Gasteiger partial charge on any atom is -0.497 e. The summed E-state index contributed by atoms with van der Waals surface area (Å²) in [4.78, 5) is 14.5. The summed E-state index contributed by atoms with van der Waals surface area (Å²) in [6.45, 7) is 1.54. The Bertz CT molecular complexity index is 1100. The molecule has 32 heavy (non-hydrogen) atoms. The van der Waals surface area contributed by atoms with Crippen LogP contribution in [0.1, 0.15) is 35.2 Å². The first-order valence-corrected chi connectivity index (χ1v) is 11.8. The summed E-state index contributed by atoms with van der Waals surface area (Å²) >= 11 is 0. The van der Waals surface area contributed by atoms with Crippen molar-refractivity contribution in [3.8, 4) is 11.5 Å². The van der Waals surface area contributed by atoms with Gasteiger partial charge in [-0.3, -0.25) is 4.79 Å². The van der Waals surface area contributed by atoms with Crippen LogP contribution in [0.4, 0.5) is 13.2 Å². The van der Waals surface area contributed by atoms with E-state index in [4.69, 9.17) is 9.47 Å². The summed E-state index contributed by atoms with van der Waals surface area (Å²) in [5, 5.41) is 0. The zero-order valence-electron chi connectivity index (χ0n) is 17.8. The van der Waals surface area contributed by atoms with Gasteiger partial charge >= 0.3 is 6.18 Å². The van der Waals surface area contributed by atoms with E-state index in [0.717, 1.165) is 36.9 Å². The van der Waals surface area contributed by atoms with Crippen molar-refractivity contribution in [3.05, 3.63) is 53.6 Å². The third kappa shape index (κ3) is 5.35. The number of carbonyl (C=O) groups is 1. The molecule has 0 aromatic heterocycles. The second kappa shape index (κ2) is 9.01. The highest BCUT2D eigenvalue weighted by atomic mass is 32.2. The number of carbonyl (C=O) groups excluding carboxylic acids is 1. The fraction of sp³-hybridized carbons (Fsp3) is 0.409. The molecule has 1 amide bonds. The lowest BCUT2D eigenvalue weighted by Crippen LogP contribution is -2.33. The first kappa shape index (κ1) is 23.9. The van der Waals surface area contributed by atoms with Crippen molar-refractivity contribution >= 4 is 15.7 Å². The molecule has 0 spiro atoms. The quantitative estimate of drug-likeness (QED) is 0.636. The van der Waals surface area contributed by atoms with Crippen LogP contribution in [0.25, 0.3) is 0 Å². The molecule has 0 N–H and O–H groups in total. The molecular weight excluding hydrogens is 447 g/mol. The zero-order valence-corrected chi connectivity index (χ0v) is 18.7. The van der Waals surface area contributed by atoms with Crippen molar-refractivity contribution < 1.29 is 35.9 Å². The smallest absolute Gasteiger partial charge is 0.425 e. The number of hydrogen-bond donors (Lipinski definition) is 0. The van der Waals surface area contributed by atoms with Crippen LogP contribution in [0.2, 0.25) is 0 Å². The lowest BCUT2D eigenvalue weighted by Gasteiger charge is -2.22. The Morgan fingerprint density at radius 2 is 1.91 bits per heavy atom. The molecule has 10 heteroatoms. The maximum absolute atomic E-state index is 13.2. The zero-order chi connectivity index (χ0) is 23.7. The van der Waals surface area contributed by atoms with E-state index >= 15 is 0 Å². The van der Waals surface area contributed by atoms with Crippen LogP contribution in [-0.4, -0.2) is 58.0 Å². The first-order valence-electron chi connectivity index (χ1n) is 9.91. The van der Waals surface area contributed by atoms with E-state index in [9.17, 15) is 26.4 Å². The van der Waals surface area contributed by atoms with Crippen molar-refractivity contribution in [1.82, 2.24) is 4.90 Å². The predicted molar refractivity (Wildman–Crippen MR) is 112 cm³/mol. The van der Waals surface area contributed by atoms with Gasteiger partial charge < -0.3 is 14.4 Å². The molecule has 2 aromatic rings. The predicted octanol–water partition coefficient (Wildman–Crippen LogP) is 4.06. The van der Waals surface area contributed by atoms with E-state index in [1.54, 1.807) is 7.11 Å². The van der Waals surface area contributed by atoms with Crippen LogP contribution < -0.4 is 9.47 Å². The van der Waals surface area contributed by atoms with Gasteiger partial charge in [0.25, 0.3) is 5.91 Å². The minimum absolute atomic E-state index is 0.0191. The number of nitrogens with zero attached hydrogens (tertiary/aromatic N) is 1. The van der Waals surface area contributed by atoms with E-state index in [1.165, 1.54) is 4.90 Å². The second-order valence-electron chi connectivity index (χ2n) is 7.75. The highest BCUT2D eigenvalue weighted by Gasteiger charge is 2.39. The standard InChI is InChI=1S/C22H24F3NO5S/c1-14(22(23,24)25)31-20-8-7-18(32(3,28)29)12-19(20)21(27)26-10-9-16(13-26)15-5-4-6-17(11-15)30-2/h4-8,11-12,14,16H,9-10,13H2,1-3H3/t14-,16?/m0/s1. The van der Waals surface area contributed by atoms with Gasteiger partial charge in [0.1, 0.15) is 11.5 Å². The van der Waals surface area contributed by atoms with E-state index in [0.29, 0.717) is 25.3 Å². The first-order chi connectivity index (χ1) is 14.9. The SMILES string of the molecule is COc1cccc(C2CCN(C(=O)c3cc(S(C)(=O)=O)ccc3O[C@@H](C)C(F)(F)F)C2)c1. The number of ether oxygens (including phenoxy) is 2. The number of benzene rings is 2. The van der Waals surface area contributed by atoms with E-state index in [2.05, 4.69) is 0 Å². The molecule has 1 fully saturated rings. The van der Waals surface area contributed by atoms with Gasteiger partial charge in [-0.1, -0.05) is 12.1 Å². The number of likely N-dealkylation sites (tertiary alicyclic amines) is 1. The molecule has 0 saturated carbocycles. The fourth-order valence-corrected chi connectivity index (χ4v) is 4.20. The van der Waals surface area contributed by atoms with E-state index in [1.807, 2.05) is 24.3 Å². The van der Waals surface area contributed by atoms with Crippen molar-refractivity contribution in [2.24, 2.45) is 0 Å². The van der Waals surface area contributed by atoms with Gasteiger partial charge in [-0.15, -0.1) is 0 Å². The number of sulfone groups is 1. The largest absolute Gasteiger partial charge is 0.497 e. The summed E-state index contributed by atoms with van der Waals surface area (Å²) in [6, 6.07) is 10.8. The Labute approximate surface area is 184 Å². The van der Waals surface area contributed by atoms with Gasteiger partial charge in [0.15, 0.2) is 15.9 Å². The maximum atomic E-state index is 13.2. The lowest BCUT2D eigenvalue weighted by atomic mass is 9.98. The lowest BCUT2D eigenvalue weighted by molar-refractivity contribution is -0.189. The van der Waals surface area contributed by atoms with Gasteiger partial charge in [0.2, 0.25) is 0 Å². The molecule has 0 radical (unpaired) electrons. The van der Waals surface area contributed by atoms with Crippen LogP contribution in [0.3, 0.4) is 0 Å². The van der Waals surface area contributed by atoms with E-state index < -0.39 is 28.0 Å². The van der Waals surface area contributed by atoms with Crippen molar-refractivity contribution in [3.63, 3.8) is 0 Å². The summed E-state index contributed by atoms with van der Waals surface area (Å²) in [7, 11) is -2.12. The molecule has 1 saturated heterocycles. The monoisotopic (exact) mass is 471 g/mol. The Kier molecular flexibility index (Phi) is 6.73. The third-order valence-corrected chi connectivity index (χ3v) is 6.53. The van der Waals surface area contributed by atoms with Gasteiger partial charge in [-0.05, 0) is 49.2 Å². The molecule has 1 unspecified atom stereocenters.